The van der Waals surface area contributed by atoms with Crippen molar-refractivity contribution in [3.8, 4) is 28.7 Å². The van der Waals surface area contributed by atoms with Gasteiger partial charge >= 0.3 is 0 Å². The number of carbonyl (C=O) groups is 1. The third-order valence-electron chi connectivity index (χ3n) is 9.24. The highest BCUT2D eigenvalue weighted by molar-refractivity contribution is 5.76. The summed E-state index contributed by atoms with van der Waals surface area (Å²) < 4.78 is 12.9. The summed E-state index contributed by atoms with van der Waals surface area (Å²) in [4.78, 5) is 31.7. The average molecular weight is 720 g/mol. The number of unbranched alkanes of at least 4 members (excludes halogenated alkanes) is 13. The molecule has 4 heterocycles. The zero-order valence-corrected chi connectivity index (χ0v) is 32.1. The van der Waals surface area contributed by atoms with E-state index in [4.69, 9.17) is 19.4 Å². The minimum absolute atomic E-state index is 0.00937. The van der Waals surface area contributed by atoms with E-state index in [1.807, 2.05) is 72.8 Å². The molecule has 4 aromatic rings. The lowest BCUT2D eigenvalue weighted by Gasteiger charge is -2.26. The molecule has 0 radical (unpaired) electrons. The summed E-state index contributed by atoms with van der Waals surface area (Å²) in [5.41, 5.74) is 3.88. The molecule has 1 amide bonds. The van der Waals surface area contributed by atoms with Gasteiger partial charge in [-0.3, -0.25) is 14.8 Å². The molecule has 0 aliphatic rings. The Hall–Kier alpha value is -4.43. The van der Waals surface area contributed by atoms with Gasteiger partial charge in [-0.15, -0.1) is 0 Å². The van der Waals surface area contributed by atoms with Crippen molar-refractivity contribution in [3.63, 3.8) is 0 Å². The predicted molar refractivity (Wildman–Crippen MR) is 215 cm³/mol. The zero-order valence-electron chi connectivity index (χ0n) is 32.1. The lowest BCUT2D eigenvalue weighted by molar-refractivity contribution is -0.123. The van der Waals surface area contributed by atoms with E-state index < -0.39 is 12.1 Å². The molecule has 0 saturated heterocycles. The lowest BCUT2D eigenvalue weighted by atomic mass is 10.0. The van der Waals surface area contributed by atoms with Crippen LogP contribution in [0.3, 0.4) is 0 Å². The highest BCUT2D eigenvalue weighted by atomic mass is 16.5. The van der Waals surface area contributed by atoms with Crippen LogP contribution in [-0.4, -0.2) is 44.6 Å². The molecule has 2 atom stereocenters. The third-order valence-corrected chi connectivity index (χ3v) is 9.24. The van der Waals surface area contributed by atoms with Crippen molar-refractivity contribution in [3.05, 3.63) is 103 Å². The summed E-state index contributed by atoms with van der Waals surface area (Å²) in [5.74, 6) is 0.456. The minimum atomic E-state index is -0.503. The van der Waals surface area contributed by atoms with E-state index in [1.165, 1.54) is 64.2 Å². The Morgan fingerprint density at radius 2 is 1.25 bits per heavy atom. The molecule has 53 heavy (non-hydrogen) atoms. The van der Waals surface area contributed by atoms with Crippen LogP contribution >= 0.6 is 0 Å². The average Bonchev–Trinajstić information content (AvgIpc) is 3.20. The van der Waals surface area contributed by atoms with Crippen LogP contribution in [0, 0.1) is 0 Å². The fraction of sp³-hybridized carbons (Fsp3) is 0.489. The Balaban J connectivity index is 1.43. The molecule has 4 rings (SSSR count). The number of pyridine rings is 4. The molecule has 1 N–H and O–H groups in total. The smallest absolute Gasteiger partial charge is 0.220 e. The Kier molecular flexibility index (Phi) is 19.9. The van der Waals surface area contributed by atoms with Gasteiger partial charge in [-0.05, 0) is 67.8 Å². The van der Waals surface area contributed by atoms with E-state index in [0.717, 1.165) is 60.6 Å². The number of aromatic nitrogens is 4. The van der Waals surface area contributed by atoms with Gasteiger partial charge in [-0.25, -0.2) is 9.97 Å². The van der Waals surface area contributed by atoms with Crippen LogP contribution in [0.1, 0.15) is 122 Å². The molecule has 0 fully saturated rings. The fourth-order valence-corrected chi connectivity index (χ4v) is 6.23. The maximum absolute atomic E-state index is 13.3. The standard InChI is InChI=1S/C45H61N5O3/c1-3-5-7-8-9-10-11-12-13-14-15-16-18-30-43(53-45-32-24-29-41(50-45)39-27-20-22-34-47-39)42(49-44(51)31-17-6-4-2)36-52-35-37-25-23-28-40(48-37)38-26-19-21-33-46-38/h18-30,32-34,42-43H,3-17,31,35-36H2,1-2H3,(H,49,51)/b30-18+/t42-,43+/m0/s1. The Labute approximate surface area is 318 Å². The molecule has 0 unspecified atom stereocenters. The fourth-order valence-electron chi connectivity index (χ4n) is 6.23. The van der Waals surface area contributed by atoms with Gasteiger partial charge < -0.3 is 14.8 Å². The number of allylic oxidation sites excluding steroid dienone is 1. The Morgan fingerprint density at radius 3 is 1.89 bits per heavy atom. The van der Waals surface area contributed by atoms with Gasteiger partial charge in [-0.2, -0.15) is 0 Å². The number of nitrogens with one attached hydrogen (secondary N) is 1. The van der Waals surface area contributed by atoms with Gasteiger partial charge in [0.05, 0.1) is 47.7 Å². The molecular formula is C45H61N5O3. The second-order valence-electron chi connectivity index (χ2n) is 13.8. The quantitative estimate of drug-likeness (QED) is 0.0484. The number of nitrogens with zero attached hydrogens (tertiary/aromatic N) is 4. The van der Waals surface area contributed by atoms with Crippen molar-refractivity contribution in [2.75, 3.05) is 6.61 Å². The van der Waals surface area contributed by atoms with Crippen LogP contribution in [0.5, 0.6) is 5.88 Å². The summed E-state index contributed by atoms with van der Waals surface area (Å²) in [5, 5.41) is 3.25. The maximum atomic E-state index is 13.3. The van der Waals surface area contributed by atoms with Gasteiger partial charge in [-0.1, -0.05) is 121 Å². The molecule has 0 aliphatic heterocycles. The highest BCUT2D eigenvalue weighted by Crippen LogP contribution is 2.21. The number of amides is 1. The molecule has 284 valence electrons. The van der Waals surface area contributed by atoms with E-state index in [0.29, 0.717) is 12.3 Å². The Bertz CT molecular complexity index is 1580. The van der Waals surface area contributed by atoms with Crippen molar-refractivity contribution in [1.29, 1.82) is 0 Å². The molecular weight excluding hydrogens is 659 g/mol. The minimum Gasteiger partial charge on any atom is -0.468 e. The summed E-state index contributed by atoms with van der Waals surface area (Å²) in [6, 6.07) is 22.7. The first kappa shape index (κ1) is 41.3. The van der Waals surface area contributed by atoms with Crippen LogP contribution in [0.15, 0.2) is 97.3 Å². The van der Waals surface area contributed by atoms with Crippen molar-refractivity contribution >= 4 is 5.91 Å². The summed E-state index contributed by atoms with van der Waals surface area (Å²) in [6.07, 6.45) is 26.0. The summed E-state index contributed by atoms with van der Waals surface area (Å²) >= 11 is 0. The van der Waals surface area contributed by atoms with Crippen LogP contribution < -0.4 is 10.1 Å². The number of ether oxygens (including phenoxy) is 2. The van der Waals surface area contributed by atoms with E-state index >= 15 is 0 Å². The van der Waals surface area contributed by atoms with Gasteiger partial charge in [0.2, 0.25) is 11.8 Å². The number of hydrogen-bond acceptors (Lipinski definition) is 7. The molecule has 0 saturated carbocycles. The number of rotatable bonds is 27. The van der Waals surface area contributed by atoms with E-state index in [2.05, 4.69) is 41.3 Å². The normalized spacial score (nSPS) is 12.5. The second-order valence-corrected chi connectivity index (χ2v) is 13.8. The molecule has 0 aromatic carbocycles. The monoisotopic (exact) mass is 719 g/mol. The Morgan fingerprint density at radius 1 is 0.660 bits per heavy atom. The van der Waals surface area contributed by atoms with Crippen molar-refractivity contribution in [2.45, 2.75) is 135 Å². The third kappa shape index (κ3) is 16.4. The molecule has 4 aromatic heterocycles. The first-order valence-corrected chi connectivity index (χ1v) is 20.1. The van der Waals surface area contributed by atoms with Crippen LogP contribution in [0.25, 0.3) is 22.8 Å². The number of carbonyl (C=O) groups excluding carboxylic acids is 1. The largest absolute Gasteiger partial charge is 0.468 e. The first-order valence-electron chi connectivity index (χ1n) is 20.1. The predicted octanol–water partition coefficient (Wildman–Crippen LogP) is 10.9. The topological polar surface area (TPSA) is 99.1 Å². The summed E-state index contributed by atoms with van der Waals surface area (Å²) in [7, 11) is 0. The van der Waals surface area contributed by atoms with Gasteiger partial charge in [0.25, 0.3) is 0 Å². The van der Waals surface area contributed by atoms with E-state index in [1.54, 1.807) is 12.4 Å². The van der Waals surface area contributed by atoms with Crippen molar-refractivity contribution < 1.29 is 14.3 Å². The maximum Gasteiger partial charge on any atom is 0.220 e. The summed E-state index contributed by atoms with van der Waals surface area (Å²) in [6.45, 7) is 4.93. The van der Waals surface area contributed by atoms with Gasteiger partial charge in [0.15, 0.2) is 0 Å². The van der Waals surface area contributed by atoms with Crippen LogP contribution in [0.2, 0.25) is 0 Å². The second kappa shape index (κ2) is 25.5. The van der Waals surface area contributed by atoms with Crippen LogP contribution in [0.4, 0.5) is 0 Å². The first-order chi connectivity index (χ1) is 26.2. The molecule has 0 bridgehead atoms. The van der Waals surface area contributed by atoms with E-state index in [-0.39, 0.29) is 19.1 Å². The molecule has 0 spiro atoms. The molecule has 0 aliphatic carbocycles. The number of hydrogen-bond donors (Lipinski definition) is 1. The van der Waals surface area contributed by atoms with E-state index in [9.17, 15) is 4.79 Å². The SMILES string of the molecule is CCCCCCCCCCCCC/C=C/[C@@H](Oc1cccc(-c2ccccn2)n1)[C@H](COCc1cccc(-c2ccccn2)n1)NC(=O)CCCCC. The van der Waals surface area contributed by atoms with Crippen molar-refractivity contribution in [2.24, 2.45) is 0 Å². The molecule has 8 nitrogen and oxygen atoms in total. The lowest BCUT2D eigenvalue weighted by Crippen LogP contribution is -2.48. The molecule has 8 heteroatoms. The van der Waals surface area contributed by atoms with Gasteiger partial charge in [0.1, 0.15) is 6.10 Å². The van der Waals surface area contributed by atoms with Crippen LogP contribution in [-0.2, 0) is 16.1 Å². The zero-order chi connectivity index (χ0) is 37.2. The van der Waals surface area contributed by atoms with Crippen molar-refractivity contribution in [1.82, 2.24) is 25.3 Å². The highest BCUT2D eigenvalue weighted by Gasteiger charge is 2.24. The van der Waals surface area contributed by atoms with Gasteiger partial charge in [0, 0.05) is 24.9 Å².